The van der Waals surface area contributed by atoms with Crippen molar-refractivity contribution in [1.82, 2.24) is 0 Å². The van der Waals surface area contributed by atoms with Gasteiger partial charge in [-0.05, 0) is 77.0 Å². The van der Waals surface area contributed by atoms with Crippen LogP contribution in [0.25, 0.3) is 0 Å². The van der Waals surface area contributed by atoms with E-state index in [0.29, 0.717) is 38.5 Å². The highest BCUT2D eigenvalue weighted by Crippen LogP contribution is 2.49. The number of phosphoric ester groups is 1. The minimum Gasteiger partial charge on any atom is -0.463 e. The lowest BCUT2D eigenvalue weighted by Gasteiger charge is -2.50. The highest BCUT2D eigenvalue weighted by molar-refractivity contribution is 7.47. The quantitative estimate of drug-likeness (QED) is 0.00889. The minimum absolute atomic E-state index is 0.0172. The Labute approximate surface area is 692 Å². The van der Waals surface area contributed by atoms with E-state index in [9.17, 15) is 74.6 Å². The van der Waals surface area contributed by atoms with E-state index < -0.39 is 162 Å². The second-order valence-corrected chi connectivity index (χ2v) is 34.2. The average Bonchev–Trinajstić information content (AvgIpc) is 0.755. The molecule has 10 N–H and O–H groups in total. The number of ether oxygens (including phenoxy) is 8. The van der Waals surface area contributed by atoms with Crippen LogP contribution in [0.3, 0.4) is 0 Å². The molecule has 2 aliphatic heterocycles. The van der Waals surface area contributed by atoms with Gasteiger partial charge in [0.15, 0.2) is 24.8 Å². The molecule has 25 nitrogen and oxygen atoms in total. The third-order valence-electron chi connectivity index (χ3n) is 22.4. The molecule has 0 spiro atoms. The van der Waals surface area contributed by atoms with Crippen molar-refractivity contribution in [3.63, 3.8) is 0 Å². The highest BCUT2D eigenvalue weighted by atomic mass is 31.2. The number of aliphatic hydroxyl groups is 9. The standard InChI is InChI=1S/C89H163O25P/c1-5-9-13-17-21-25-29-33-35-39-41-45-49-53-57-61-72(91)105-66-69(108-74(93)63-59-55-51-47-43-37-31-27-23-19-15-11-7-3)67-107-115(103,104)114-87-85(112-88-82(101)78(97)76(95)70(65-90)109-88)81(100)80(99)84(111-75(94)64-60-56-52-48-44-38-32-28-24-20-16-12-8-4)86(87)113-89-83(102)79(98)77(96)71(110-89)68-106-73(92)62-58-54-50-46-42-40-36-34-30-26-22-18-14-10-6-2/h25,29,37,43,69-71,76-90,95-102H,5-24,26-28,30-36,38-42,44-68H2,1-4H3,(H,103,104)/b29-25-,43-37-. The summed E-state index contributed by atoms with van der Waals surface area (Å²) in [6.07, 6.45) is 27.6. The fourth-order valence-electron chi connectivity index (χ4n) is 15.1. The summed E-state index contributed by atoms with van der Waals surface area (Å²) in [5, 5.41) is 102. The van der Waals surface area contributed by atoms with Crippen molar-refractivity contribution < 1.29 is 122 Å². The number of hydrogen-bond acceptors (Lipinski definition) is 24. The van der Waals surface area contributed by atoms with Crippen LogP contribution in [0.15, 0.2) is 24.3 Å². The van der Waals surface area contributed by atoms with Gasteiger partial charge in [0.05, 0.1) is 13.2 Å². The molecule has 3 aliphatic rings. The van der Waals surface area contributed by atoms with E-state index in [4.69, 9.17) is 46.9 Å². The molecule has 115 heavy (non-hydrogen) atoms. The third kappa shape index (κ3) is 49.0. The monoisotopic (exact) mass is 1660 g/mol. The molecule has 674 valence electrons. The predicted molar refractivity (Wildman–Crippen MR) is 444 cm³/mol. The molecule has 3 fully saturated rings. The Morgan fingerprint density at radius 1 is 0.339 bits per heavy atom. The maximum Gasteiger partial charge on any atom is 0.472 e. The Kier molecular flexibility index (Phi) is 63.2. The summed E-state index contributed by atoms with van der Waals surface area (Å²) in [5.41, 5.74) is 0. The number of carbonyl (C=O) groups is 4. The summed E-state index contributed by atoms with van der Waals surface area (Å²) in [5.74, 6) is -2.99. The highest BCUT2D eigenvalue weighted by Gasteiger charge is 2.60. The smallest absolute Gasteiger partial charge is 0.463 e. The zero-order valence-electron chi connectivity index (χ0n) is 71.6. The Hall–Kier alpha value is -3.05. The van der Waals surface area contributed by atoms with Gasteiger partial charge < -0.3 is 88.7 Å². The van der Waals surface area contributed by atoms with Crippen molar-refractivity contribution >= 4 is 31.7 Å². The maximum absolute atomic E-state index is 14.9. The van der Waals surface area contributed by atoms with E-state index in [1.165, 1.54) is 154 Å². The second-order valence-electron chi connectivity index (χ2n) is 32.8. The van der Waals surface area contributed by atoms with Gasteiger partial charge >= 0.3 is 31.7 Å². The zero-order chi connectivity index (χ0) is 84.0. The van der Waals surface area contributed by atoms with E-state index >= 15 is 0 Å². The number of aliphatic hydroxyl groups excluding tert-OH is 9. The van der Waals surface area contributed by atoms with Crippen LogP contribution >= 0.6 is 7.82 Å². The van der Waals surface area contributed by atoms with Gasteiger partial charge in [-0.3, -0.25) is 28.2 Å². The van der Waals surface area contributed by atoms with Crippen molar-refractivity contribution in [2.24, 2.45) is 0 Å². The zero-order valence-corrected chi connectivity index (χ0v) is 72.5. The van der Waals surface area contributed by atoms with Crippen LogP contribution in [0.1, 0.15) is 387 Å². The normalized spacial score (nSPS) is 25.3. The molecule has 0 aromatic heterocycles. The Bertz CT molecular complexity index is 2490. The van der Waals surface area contributed by atoms with Crippen LogP contribution in [0.5, 0.6) is 0 Å². The van der Waals surface area contributed by atoms with Gasteiger partial charge in [0, 0.05) is 25.7 Å². The number of carbonyl (C=O) groups excluding carboxylic acids is 4. The van der Waals surface area contributed by atoms with Gasteiger partial charge in [0.25, 0.3) is 0 Å². The first-order valence-corrected chi connectivity index (χ1v) is 47.6. The Morgan fingerprint density at radius 2 is 0.652 bits per heavy atom. The van der Waals surface area contributed by atoms with E-state index in [1.807, 2.05) is 0 Å². The van der Waals surface area contributed by atoms with Crippen molar-refractivity contribution in [1.29, 1.82) is 0 Å². The van der Waals surface area contributed by atoms with E-state index in [-0.39, 0.29) is 25.7 Å². The summed E-state index contributed by atoms with van der Waals surface area (Å²) in [6.45, 7) is 5.55. The van der Waals surface area contributed by atoms with Crippen molar-refractivity contribution in [3.05, 3.63) is 24.3 Å². The summed E-state index contributed by atoms with van der Waals surface area (Å²) in [6, 6.07) is 0. The minimum atomic E-state index is -5.81. The summed E-state index contributed by atoms with van der Waals surface area (Å²) >= 11 is 0. The summed E-state index contributed by atoms with van der Waals surface area (Å²) in [7, 11) is -5.81. The average molecular weight is 1660 g/mol. The molecular formula is C89H163O25P. The SMILES string of the molecule is CCCCCC/C=C\CCCCCCCCCC(=O)OCC(COP(=O)(O)OC1C(OC2OC(CO)C(O)C(O)C2O)C(O)C(O)C(OC(=O)CCCCCCCCCCCCCCC)C1OC1OC(COC(=O)CCCCCCCCCCCCCCCCC)C(O)C(O)C1O)OC(=O)CCCCC/C=C\CCCCCCCC. The van der Waals surface area contributed by atoms with Gasteiger partial charge in [-0.1, -0.05) is 309 Å². The Balaban J connectivity index is 1.92. The summed E-state index contributed by atoms with van der Waals surface area (Å²) < 4.78 is 73.3. The Morgan fingerprint density at radius 3 is 1.05 bits per heavy atom. The molecule has 1 aliphatic carbocycles. The van der Waals surface area contributed by atoms with Gasteiger partial charge in [0.2, 0.25) is 0 Å². The fourth-order valence-corrected chi connectivity index (χ4v) is 16.0. The van der Waals surface area contributed by atoms with Gasteiger partial charge in [-0.2, -0.15) is 0 Å². The van der Waals surface area contributed by atoms with Crippen molar-refractivity contribution in [2.45, 2.75) is 491 Å². The first-order chi connectivity index (χ1) is 55.7. The second kappa shape index (κ2) is 68.5. The molecule has 0 bridgehead atoms. The van der Waals surface area contributed by atoms with Crippen LogP contribution in [0, 0.1) is 0 Å². The predicted octanol–water partition coefficient (Wildman–Crippen LogP) is 16.5. The molecule has 1 saturated carbocycles. The topological polar surface area (TPSA) is 380 Å². The number of phosphoric acid groups is 1. The molecular weight excluding hydrogens is 1500 g/mol. The van der Waals surface area contributed by atoms with Gasteiger partial charge in [-0.15, -0.1) is 0 Å². The lowest BCUT2D eigenvalue weighted by Crippen LogP contribution is -2.70. The van der Waals surface area contributed by atoms with Crippen LogP contribution in [0.2, 0.25) is 0 Å². The number of allylic oxidation sites excluding steroid dienone is 4. The van der Waals surface area contributed by atoms with Crippen molar-refractivity contribution in [3.8, 4) is 0 Å². The summed E-state index contributed by atoms with van der Waals surface area (Å²) in [4.78, 5) is 66.3. The number of esters is 4. The molecule has 18 unspecified atom stereocenters. The number of hydrogen-bond donors (Lipinski definition) is 10. The molecule has 26 heteroatoms. The maximum atomic E-state index is 14.9. The molecule has 0 aromatic carbocycles. The molecule has 2 heterocycles. The van der Waals surface area contributed by atoms with E-state index in [2.05, 4.69) is 52.0 Å². The van der Waals surface area contributed by atoms with Crippen LogP contribution in [-0.2, 0) is 70.7 Å². The lowest BCUT2D eigenvalue weighted by atomic mass is 9.84. The first kappa shape index (κ1) is 106. The molecule has 2 saturated heterocycles. The van der Waals surface area contributed by atoms with E-state index in [1.54, 1.807) is 0 Å². The third-order valence-corrected chi connectivity index (χ3v) is 23.4. The van der Waals surface area contributed by atoms with Gasteiger partial charge in [0.1, 0.15) is 92.6 Å². The number of unbranched alkanes of at least 4 members (excludes halogenated alkanes) is 46. The molecule has 18 atom stereocenters. The molecule has 3 rings (SSSR count). The van der Waals surface area contributed by atoms with Gasteiger partial charge in [-0.25, -0.2) is 4.57 Å². The van der Waals surface area contributed by atoms with Crippen LogP contribution in [-0.4, -0.2) is 205 Å². The molecule has 0 radical (unpaired) electrons. The molecule has 0 amide bonds. The van der Waals surface area contributed by atoms with Crippen LogP contribution < -0.4 is 0 Å². The van der Waals surface area contributed by atoms with Crippen molar-refractivity contribution in [2.75, 3.05) is 26.4 Å². The van der Waals surface area contributed by atoms with E-state index in [0.717, 1.165) is 141 Å². The largest absolute Gasteiger partial charge is 0.472 e. The first-order valence-electron chi connectivity index (χ1n) is 46.1. The van der Waals surface area contributed by atoms with Crippen LogP contribution in [0.4, 0.5) is 0 Å². The number of rotatable bonds is 74. The lowest BCUT2D eigenvalue weighted by molar-refractivity contribution is -0.360. The fraction of sp³-hybridized carbons (Fsp3) is 0.910. The molecule has 0 aromatic rings.